The number of rotatable bonds is 6. The highest BCUT2D eigenvalue weighted by molar-refractivity contribution is 6.00. The van der Waals surface area contributed by atoms with Crippen LogP contribution in [0.3, 0.4) is 0 Å². The highest BCUT2D eigenvalue weighted by atomic mass is 19.1. The zero-order valence-electron chi connectivity index (χ0n) is 18.0. The number of nitrogens with one attached hydrogen (secondary N) is 1. The number of aryl methyl sites for hydroxylation is 1. The molecule has 2 fully saturated rings. The van der Waals surface area contributed by atoms with Gasteiger partial charge in [0.25, 0.3) is 0 Å². The number of carbonyl (C=O) groups is 2. The molecule has 164 valence electrons. The summed E-state index contributed by atoms with van der Waals surface area (Å²) in [7, 11) is 0. The maximum absolute atomic E-state index is 13.1. The lowest BCUT2D eigenvalue weighted by atomic mass is 10.0. The number of para-hydroxylation sites is 1. The van der Waals surface area contributed by atoms with Gasteiger partial charge in [-0.15, -0.1) is 0 Å². The van der Waals surface area contributed by atoms with Crippen molar-refractivity contribution in [3.05, 3.63) is 65.5 Å². The number of hydrogen-bond acceptors (Lipinski definition) is 3. The fraction of sp³-hybridized carbons (Fsp3) is 0.440. The second-order valence-electron chi connectivity index (χ2n) is 8.57. The zero-order valence-corrected chi connectivity index (χ0v) is 18.0. The van der Waals surface area contributed by atoms with Crippen molar-refractivity contribution in [1.82, 2.24) is 10.2 Å². The van der Waals surface area contributed by atoms with Gasteiger partial charge in [0.1, 0.15) is 5.82 Å². The van der Waals surface area contributed by atoms with Gasteiger partial charge >= 0.3 is 0 Å². The summed E-state index contributed by atoms with van der Waals surface area (Å²) in [6.07, 6.45) is 2.90. The van der Waals surface area contributed by atoms with Crippen molar-refractivity contribution < 1.29 is 14.0 Å². The van der Waals surface area contributed by atoms with Gasteiger partial charge in [0.2, 0.25) is 11.8 Å². The molecule has 5 nitrogen and oxygen atoms in total. The van der Waals surface area contributed by atoms with Gasteiger partial charge in [-0.2, -0.15) is 0 Å². The van der Waals surface area contributed by atoms with E-state index >= 15 is 0 Å². The second-order valence-corrected chi connectivity index (χ2v) is 8.57. The summed E-state index contributed by atoms with van der Waals surface area (Å²) < 4.78 is 13.1. The second kappa shape index (κ2) is 9.60. The van der Waals surface area contributed by atoms with E-state index in [1.807, 2.05) is 36.4 Å². The highest BCUT2D eigenvalue weighted by Crippen LogP contribution is 2.29. The highest BCUT2D eigenvalue weighted by Gasteiger charge is 2.36. The fourth-order valence-corrected chi connectivity index (χ4v) is 4.59. The van der Waals surface area contributed by atoms with Crippen molar-refractivity contribution in [2.75, 3.05) is 24.5 Å². The zero-order chi connectivity index (χ0) is 21.8. The third-order valence-corrected chi connectivity index (χ3v) is 6.41. The van der Waals surface area contributed by atoms with E-state index in [0.29, 0.717) is 6.54 Å². The van der Waals surface area contributed by atoms with Gasteiger partial charge in [-0.1, -0.05) is 37.3 Å². The summed E-state index contributed by atoms with van der Waals surface area (Å²) in [5, 5.41) is 3.18. The molecule has 0 saturated carbocycles. The van der Waals surface area contributed by atoms with E-state index in [1.54, 1.807) is 4.90 Å². The Hall–Kier alpha value is -2.73. The molecule has 2 amide bonds. The molecule has 1 atom stereocenters. The third-order valence-electron chi connectivity index (χ3n) is 6.41. The lowest BCUT2D eigenvalue weighted by Gasteiger charge is -2.32. The van der Waals surface area contributed by atoms with Crippen LogP contribution in [-0.4, -0.2) is 42.4 Å². The fourth-order valence-electron chi connectivity index (χ4n) is 4.59. The van der Waals surface area contributed by atoms with Gasteiger partial charge < -0.3 is 10.2 Å². The van der Waals surface area contributed by atoms with Crippen LogP contribution < -0.4 is 10.2 Å². The maximum Gasteiger partial charge on any atom is 0.227 e. The van der Waals surface area contributed by atoms with E-state index in [-0.39, 0.29) is 36.0 Å². The number of halogens is 1. The van der Waals surface area contributed by atoms with Gasteiger partial charge in [0, 0.05) is 44.3 Å². The molecule has 2 aromatic rings. The number of likely N-dealkylation sites (tertiary alicyclic amines) is 1. The molecule has 31 heavy (non-hydrogen) atoms. The smallest absolute Gasteiger partial charge is 0.227 e. The van der Waals surface area contributed by atoms with Crippen LogP contribution in [0, 0.1) is 11.7 Å². The Balaban J connectivity index is 1.27. The van der Waals surface area contributed by atoms with Crippen LogP contribution in [0.4, 0.5) is 10.1 Å². The molecule has 1 unspecified atom stereocenters. The maximum atomic E-state index is 13.1. The molecule has 2 heterocycles. The third kappa shape index (κ3) is 5.13. The van der Waals surface area contributed by atoms with Gasteiger partial charge in [-0.3, -0.25) is 14.5 Å². The Morgan fingerprint density at radius 2 is 1.81 bits per heavy atom. The normalized spacial score (nSPS) is 20.3. The molecule has 2 saturated heterocycles. The molecule has 0 aliphatic carbocycles. The monoisotopic (exact) mass is 423 g/mol. The summed E-state index contributed by atoms with van der Waals surface area (Å²) in [5.41, 5.74) is 3.16. The Morgan fingerprint density at radius 3 is 2.52 bits per heavy atom. The molecule has 2 aliphatic heterocycles. The molecule has 0 radical (unpaired) electrons. The van der Waals surface area contributed by atoms with Gasteiger partial charge in [0.15, 0.2) is 0 Å². The number of piperidine rings is 1. The van der Waals surface area contributed by atoms with Crippen LogP contribution in [-0.2, 0) is 22.6 Å². The summed E-state index contributed by atoms with van der Waals surface area (Å²) in [5.74, 6) is -0.501. The van der Waals surface area contributed by atoms with Crippen LogP contribution in [0.5, 0.6) is 0 Å². The number of amides is 2. The van der Waals surface area contributed by atoms with Crippen molar-refractivity contribution >= 4 is 17.5 Å². The lowest BCUT2D eigenvalue weighted by Crippen LogP contribution is -2.46. The van der Waals surface area contributed by atoms with Crippen LogP contribution >= 0.6 is 0 Å². The largest absolute Gasteiger partial charge is 0.353 e. The van der Waals surface area contributed by atoms with E-state index in [2.05, 4.69) is 17.1 Å². The molecular formula is C25H30FN3O2. The number of benzene rings is 2. The Bertz CT molecular complexity index is 923. The number of nitrogens with zero attached hydrogens (tertiary/aromatic N) is 2. The first-order valence-corrected chi connectivity index (χ1v) is 11.2. The average molecular weight is 424 g/mol. The first kappa shape index (κ1) is 21.5. The molecule has 0 bridgehead atoms. The van der Waals surface area contributed by atoms with Crippen molar-refractivity contribution in [3.63, 3.8) is 0 Å². The number of hydrogen-bond donors (Lipinski definition) is 1. The van der Waals surface area contributed by atoms with Gasteiger partial charge in [0.05, 0.1) is 5.92 Å². The van der Waals surface area contributed by atoms with E-state index in [1.165, 1.54) is 12.1 Å². The van der Waals surface area contributed by atoms with E-state index in [9.17, 15) is 14.0 Å². The lowest BCUT2D eigenvalue weighted by molar-refractivity contribution is -0.127. The Kier molecular flexibility index (Phi) is 6.66. The first-order chi connectivity index (χ1) is 15.0. The minimum Gasteiger partial charge on any atom is -0.353 e. The first-order valence-electron chi connectivity index (χ1n) is 11.2. The van der Waals surface area contributed by atoms with Crippen molar-refractivity contribution in [3.8, 4) is 0 Å². The predicted octanol–water partition coefficient (Wildman–Crippen LogP) is 3.52. The van der Waals surface area contributed by atoms with E-state index < -0.39 is 0 Å². The SMILES string of the molecule is CCc1ccccc1N1CC(C(=O)NC2CCN(Cc3ccc(F)cc3)CC2)CC1=O. The molecule has 0 aromatic heterocycles. The summed E-state index contributed by atoms with van der Waals surface area (Å²) in [6, 6.07) is 14.7. The van der Waals surface area contributed by atoms with Crippen LogP contribution in [0.2, 0.25) is 0 Å². The molecule has 2 aliphatic rings. The van der Waals surface area contributed by atoms with Crippen LogP contribution in [0.15, 0.2) is 48.5 Å². The number of carbonyl (C=O) groups excluding carboxylic acids is 2. The van der Waals surface area contributed by atoms with E-state index in [4.69, 9.17) is 0 Å². The summed E-state index contributed by atoms with van der Waals surface area (Å²) in [6.45, 7) is 5.10. The van der Waals surface area contributed by atoms with Crippen molar-refractivity contribution in [1.29, 1.82) is 0 Å². The van der Waals surface area contributed by atoms with Crippen LogP contribution in [0.25, 0.3) is 0 Å². The minimum atomic E-state index is -0.297. The summed E-state index contributed by atoms with van der Waals surface area (Å²) in [4.78, 5) is 29.6. The molecule has 2 aromatic carbocycles. The van der Waals surface area contributed by atoms with Crippen molar-refractivity contribution in [2.24, 2.45) is 5.92 Å². The molecule has 6 heteroatoms. The summed E-state index contributed by atoms with van der Waals surface area (Å²) >= 11 is 0. The standard InChI is InChI=1S/C25H30FN3O2/c1-2-19-5-3-4-6-23(19)29-17-20(15-24(29)30)25(31)27-22-11-13-28(14-12-22)16-18-7-9-21(26)10-8-18/h3-10,20,22H,2,11-17H2,1H3,(H,27,31). The van der Waals surface area contributed by atoms with Crippen LogP contribution in [0.1, 0.15) is 37.3 Å². The molecule has 1 N–H and O–H groups in total. The minimum absolute atomic E-state index is 0.0122. The molecular weight excluding hydrogens is 393 g/mol. The molecule has 4 rings (SSSR count). The average Bonchev–Trinajstić information content (AvgIpc) is 3.18. The predicted molar refractivity (Wildman–Crippen MR) is 119 cm³/mol. The van der Waals surface area contributed by atoms with Gasteiger partial charge in [-0.05, 0) is 48.6 Å². The quantitative estimate of drug-likeness (QED) is 0.774. The molecule has 0 spiro atoms. The van der Waals surface area contributed by atoms with Gasteiger partial charge in [-0.25, -0.2) is 4.39 Å². The van der Waals surface area contributed by atoms with Crippen molar-refractivity contribution in [2.45, 2.75) is 45.2 Å². The Labute approximate surface area is 183 Å². The van der Waals surface area contributed by atoms with E-state index in [0.717, 1.165) is 55.7 Å². The number of anilines is 1. The topological polar surface area (TPSA) is 52.7 Å². The Morgan fingerprint density at radius 1 is 1.10 bits per heavy atom.